The monoisotopic (exact) mass is 317 g/mol. The summed E-state index contributed by atoms with van der Waals surface area (Å²) in [4.78, 5) is 17.4. The molecule has 0 unspecified atom stereocenters. The molecule has 0 N–H and O–H groups in total. The molecule has 2 aromatic rings. The van der Waals surface area contributed by atoms with Gasteiger partial charge < -0.3 is 4.90 Å². The topological polar surface area (TPSA) is 45.2 Å². The van der Waals surface area contributed by atoms with Crippen LogP contribution in [0.5, 0.6) is 0 Å². The Bertz CT molecular complexity index is 604. The van der Waals surface area contributed by atoms with Gasteiger partial charge in [-0.2, -0.15) is 0 Å². The highest BCUT2D eigenvalue weighted by atomic mass is 35.5. The number of rotatable bonds is 4. The minimum absolute atomic E-state index is 0.392. The average Bonchev–Trinajstić information content (AvgIpc) is 2.89. The Balaban J connectivity index is 1.74. The van der Waals surface area contributed by atoms with Crippen molar-refractivity contribution in [1.29, 1.82) is 0 Å². The molecule has 2 atom stereocenters. The van der Waals surface area contributed by atoms with E-state index in [4.69, 9.17) is 11.6 Å². The van der Waals surface area contributed by atoms with Gasteiger partial charge in [-0.1, -0.05) is 17.7 Å². The zero-order valence-corrected chi connectivity index (χ0v) is 13.6. The Labute approximate surface area is 136 Å². The van der Waals surface area contributed by atoms with Crippen molar-refractivity contribution in [3.63, 3.8) is 0 Å². The van der Waals surface area contributed by atoms with Crippen molar-refractivity contribution in [3.8, 4) is 0 Å². The lowest BCUT2D eigenvalue weighted by Gasteiger charge is -2.28. The summed E-state index contributed by atoms with van der Waals surface area (Å²) in [5.41, 5.74) is 1.28. The molecule has 6 heteroatoms. The number of anilines is 1. The van der Waals surface area contributed by atoms with E-state index in [1.54, 1.807) is 12.4 Å². The Kier molecular flexibility index (Phi) is 4.55. The number of pyridine rings is 1. The molecule has 2 aromatic heterocycles. The Morgan fingerprint density at radius 3 is 2.77 bits per heavy atom. The fraction of sp³-hybridized carbons (Fsp3) is 0.438. The van der Waals surface area contributed by atoms with Gasteiger partial charge in [-0.3, -0.25) is 9.88 Å². The van der Waals surface area contributed by atoms with Crippen LogP contribution in [0.1, 0.15) is 18.0 Å². The number of nitrogens with zero attached hydrogens (tertiary/aromatic N) is 5. The molecular weight excluding hydrogens is 298 g/mol. The molecule has 5 nitrogen and oxygen atoms in total. The molecule has 0 spiro atoms. The number of aromatic nitrogens is 3. The smallest absolute Gasteiger partial charge is 0.225 e. The number of hydrogen-bond donors (Lipinski definition) is 0. The molecule has 1 fully saturated rings. The Hall–Kier alpha value is -1.72. The van der Waals surface area contributed by atoms with Gasteiger partial charge in [-0.25, -0.2) is 9.97 Å². The second kappa shape index (κ2) is 6.58. The van der Waals surface area contributed by atoms with E-state index in [2.05, 4.69) is 37.9 Å². The van der Waals surface area contributed by atoms with Crippen LogP contribution in [0, 0.1) is 5.92 Å². The molecule has 0 aromatic carbocycles. The minimum atomic E-state index is 0.392. The van der Waals surface area contributed by atoms with Gasteiger partial charge in [0.1, 0.15) is 0 Å². The SMILES string of the molecule is CN(C[C@@H]1CCN(C)[C@H]1c1cccnc1)c1ncc(Cl)cn1. The standard InChI is InChI=1S/C16H20ClN5/c1-21-7-5-13(15(21)12-4-3-6-18-8-12)11-22(2)16-19-9-14(17)10-20-16/h3-4,6,8-10,13,15H,5,7,11H2,1-2H3/t13-,15-/m0/s1. The summed E-state index contributed by atoms with van der Waals surface area (Å²) in [6.45, 7) is 2.01. The second-order valence-corrected chi connectivity index (χ2v) is 6.28. The summed E-state index contributed by atoms with van der Waals surface area (Å²) >= 11 is 5.85. The van der Waals surface area contributed by atoms with Crippen LogP contribution in [0.25, 0.3) is 0 Å². The first-order chi connectivity index (χ1) is 10.6. The summed E-state index contributed by atoms with van der Waals surface area (Å²) in [5, 5.41) is 0.561. The molecule has 3 rings (SSSR count). The van der Waals surface area contributed by atoms with Gasteiger partial charge in [-0.05, 0) is 37.6 Å². The Morgan fingerprint density at radius 1 is 1.32 bits per heavy atom. The Morgan fingerprint density at radius 2 is 2.09 bits per heavy atom. The molecule has 0 bridgehead atoms. The van der Waals surface area contributed by atoms with Crippen molar-refractivity contribution in [3.05, 3.63) is 47.5 Å². The lowest BCUT2D eigenvalue weighted by atomic mass is 9.94. The molecule has 1 aliphatic heterocycles. The molecule has 0 amide bonds. The maximum Gasteiger partial charge on any atom is 0.225 e. The van der Waals surface area contributed by atoms with Gasteiger partial charge >= 0.3 is 0 Å². The largest absolute Gasteiger partial charge is 0.344 e. The van der Waals surface area contributed by atoms with Crippen LogP contribution >= 0.6 is 11.6 Å². The molecule has 22 heavy (non-hydrogen) atoms. The van der Waals surface area contributed by atoms with Gasteiger partial charge in [-0.15, -0.1) is 0 Å². The molecule has 0 saturated carbocycles. The molecule has 3 heterocycles. The van der Waals surface area contributed by atoms with E-state index in [1.807, 2.05) is 25.5 Å². The lowest BCUT2D eigenvalue weighted by Crippen LogP contribution is -2.31. The van der Waals surface area contributed by atoms with Gasteiger partial charge in [0, 0.05) is 32.0 Å². The highest BCUT2D eigenvalue weighted by Crippen LogP contribution is 2.36. The number of halogens is 1. The third-order valence-corrected chi connectivity index (χ3v) is 4.45. The van der Waals surface area contributed by atoms with E-state index in [1.165, 1.54) is 5.56 Å². The summed E-state index contributed by atoms with van der Waals surface area (Å²) in [5.74, 6) is 1.24. The van der Waals surface area contributed by atoms with Crippen molar-refractivity contribution < 1.29 is 0 Å². The molecule has 0 radical (unpaired) electrons. The molecule has 1 aliphatic rings. The number of hydrogen-bond acceptors (Lipinski definition) is 5. The zero-order chi connectivity index (χ0) is 15.5. The van der Waals surface area contributed by atoms with Crippen LogP contribution in [0.2, 0.25) is 5.02 Å². The van der Waals surface area contributed by atoms with Crippen molar-refractivity contribution in [2.24, 2.45) is 5.92 Å². The first kappa shape index (κ1) is 15.2. The highest BCUT2D eigenvalue weighted by Gasteiger charge is 2.34. The number of likely N-dealkylation sites (tertiary alicyclic amines) is 1. The lowest BCUT2D eigenvalue weighted by molar-refractivity contribution is 0.277. The van der Waals surface area contributed by atoms with Crippen LogP contribution in [-0.2, 0) is 0 Å². The zero-order valence-electron chi connectivity index (χ0n) is 12.9. The highest BCUT2D eigenvalue weighted by molar-refractivity contribution is 6.30. The summed E-state index contributed by atoms with van der Waals surface area (Å²) in [6.07, 6.45) is 8.23. The molecule has 116 valence electrons. The quantitative estimate of drug-likeness (QED) is 0.867. The fourth-order valence-electron chi connectivity index (χ4n) is 3.23. The summed E-state index contributed by atoms with van der Waals surface area (Å²) in [6, 6.07) is 4.55. The molecule has 0 aliphatic carbocycles. The summed E-state index contributed by atoms with van der Waals surface area (Å²) in [7, 11) is 4.21. The maximum atomic E-state index is 5.85. The predicted molar refractivity (Wildman–Crippen MR) is 88.0 cm³/mol. The van der Waals surface area contributed by atoms with Crippen LogP contribution in [0.3, 0.4) is 0 Å². The van der Waals surface area contributed by atoms with E-state index in [0.29, 0.717) is 22.9 Å². The minimum Gasteiger partial charge on any atom is -0.344 e. The predicted octanol–water partition coefficient (Wildman–Crippen LogP) is 2.65. The van der Waals surface area contributed by atoms with Gasteiger partial charge in [0.2, 0.25) is 5.95 Å². The van der Waals surface area contributed by atoms with E-state index >= 15 is 0 Å². The normalized spacial score (nSPS) is 22.0. The third kappa shape index (κ3) is 3.20. The maximum absolute atomic E-state index is 5.85. The van der Waals surface area contributed by atoms with Crippen LogP contribution < -0.4 is 4.90 Å². The van der Waals surface area contributed by atoms with Crippen LogP contribution in [0.4, 0.5) is 5.95 Å². The van der Waals surface area contributed by atoms with Crippen molar-refractivity contribution in [1.82, 2.24) is 19.9 Å². The second-order valence-electron chi connectivity index (χ2n) is 5.84. The summed E-state index contributed by atoms with van der Waals surface area (Å²) < 4.78 is 0. The molecular formula is C16H20ClN5. The van der Waals surface area contributed by atoms with E-state index < -0.39 is 0 Å². The van der Waals surface area contributed by atoms with Crippen molar-refractivity contribution in [2.75, 3.05) is 32.1 Å². The van der Waals surface area contributed by atoms with Gasteiger partial charge in [0.25, 0.3) is 0 Å². The van der Waals surface area contributed by atoms with Crippen LogP contribution in [0.15, 0.2) is 36.9 Å². The van der Waals surface area contributed by atoms with Crippen molar-refractivity contribution in [2.45, 2.75) is 12.5 Å². The van der Waals surface area contributed by atoms with Gasteiger partial charge in [0.15, 0.2) is 0 Å². The van der Waals surface area contributed by atoms with Gasteiger partial charge in [0.05, 0.1) is 17.4 Å². The van der Waals surface area contributed by atoms with E-state index in [-0.39, 0.29) is 0 Å². The first-order valence-corrected chi connectivity index (χ1v) is 7.82. The third-order valence-electron chi connectivity index (χ3n) is 4.26. The van der Waals surface area contributed by atoms with E-state index in [0.717, 1.165) is 19.5 Å². The van der Waals surface area contributed by atoms with E-state index in [9.17, 15) is 0 Å². The average molecular weight is 318 g/mol. The molecule has 1 saturated heterocycles. The fourth-order valence-corrected chi connectivity index (χ4v) is 3.33. The van der Waals surface area contributed by atoms with Crippen LogP contribution in [-0.4, -0.2) is 47.0 Å². The van der Waals surface area contributed by atoms with Crippen molar-refractivity contribution >= 4 is 17.5 Å². The first-order valence-electron chi connectivity index (χ1n) is 7.44.